The van der Waals surface area contributed by atoms with Crippen LogP contribution in [0.3, 0.4) is 0 Å². The lowest BCUT2D eigenvalue weighted by Crippen LogP contribution is -2.15. The number of rotatable bonds is 5. The quantitative estimate of drug-likeness (QED) is 0.901. The minimum Gasteiger partial charge on any atom is -0.468 e. The van der Waals surface area contributed by atoms with Gasteiger partial charge in [0.1, 0.15) is 5.76 Å². The van der Waals surface area contributed by atoms with Crippen molar-refractivity contribution in [2.75, 3.05) is 30.9 Å². The molecule has 0 fully saturated rings. The van der Waals surface area contributed by atoms with Gasteiger partial charge in [-0.3, -0.25) is 0 Å². The molecule has 0 aliphatic rings. The van der Waals surface area contributed by atoms with E-state index >= 15 is 0 Å². The molecule has 0 amide bonds. The highest BCUT2D eigenvalue weighted by molar-refractivity contribution is 7.99. The Kier molecular flexibility index (Phi) is 4.26. The second-order valence-corrected chi connectivity index (χ2v) is 5.12. The summed E-state index contributed by atoms with van der Waals surface area (Å²) in [7, 11) is 3.81. The van der Waals surface area contributed by atoms with Crippen LogP contribution in [0.1, 0.15) is 12.7 Å². The van der Waals surface area contributed by atoms with Crippen LogP contribution in [0.15, 0.2) is 26.8 Å². The van der Waals surface area contributed by atoms with Gasteiger partial charge in [0.25, 0.3) is 0 Å². The molecule has 0 atom stereocenters. The normalized spacial score (nSPS) is 10.5. The van der Waals surface area contributed by atoms with Gasteiger partial charge in [-0.1, -0.05) is 0 Å². The summed E-state index contributed by atoms with van der Waals surface area (Å²) in [5.41, 5.74) is 0. The minimum absolute atomic E-state index is 0.588. The van der Waals surface area contributed by atoms with Crippen molar-refractivity contribution in [1.29, 1.82) is 0 Å². The summed E-state index contributed by atoms with van der Waals surface area (Å²) >= 11 is 1.47. The van der Waals surface area contributed by atoms with Crippen molar-refractivity contribution in [2.24, 2.45) is 0 Å². The van der Waals surface area contributed by atoms with Crippen molar-refractivity contribution in [3.05, 3.63) is 18.1 Å². The lowest BCUT2D eigenvalue weighted by atomic mass is 10.5. The molecule has 0 spiro atoms. The van der Waals surface area contributed by atoms with Gasteiger partial charge in [0.15, 0.2) is 5.16 Å². The van der Waals surface area contributed by atoms with Gasteiger partial charge in [-0.15, -0.1) is 0 Å². The number of anilines is 2. The zero-order chi connectivity index (χ0) is 13.8. The molecule has 2 aromatic heterocycles. The van der Waals surface area contributed by atoms with Crippen molar-refractivity contribution in [2.45, 2.75) is 23.9 Å². The first-order valence-electron chi connectivity index (χ1n) is 5.99. The van der Waals surface area contributed by atoms with E-state index in [2.05, 4.69) is 20.3 Å². The van der Waals surface area contributed by atoms with E-state index in [-0.39, 0.29) is 0 Å². The maximum absolute atomic E-state index is 5.27. The summed E-state index contributed by atoms with van der Waals surface area (Å²) in [5, 5.41) is 3.76. The Morgan fingerprint density at radius 1 is 1.32 bits per heavy atom. The Morgan fingerprint density at radius 3 is 2.68 bits per heavy atom. The summed E-state index contributed by atoms with van der Waals surface area (Å²) < 4.78 is 5.27. The van der Waals surface area contributed by atoms with Crippen LogP contribution in [-0.2, 0) is 0 Å². The molecule has 0 unspecified atom stereocenters. The van der Waals surface area contributed by atoms with E-state index in [4.69, 9.17) is 4.42 Å². The van der Waals surface area contributed by atoms with Gasteiger partial charge >= 0.3 is 0 Å². The highest BCUT2D eigenvalue weighted by Gasteiger charge is 2.11. The largest absolute Gasteiger partial charge is 0.468 e. The van der Waals surface area contributed by atoms with Crippen LogP contribution >= 0.6 is 11.8 Å². The molecule has 2 rings (SSSR count). The van der Waals surface area contributed by atoms with Crippen LogP contribution in [0.25, 0.3) is 0 Å². The van der Waals surface area contributed by atoms with E-state index < -0.39 is 0 Å². The molecule has 2 aromatic rings. The molecular weight excluding hydrogens is 262 g/mol. The van der Waals surface area contributed by atoms with E-state index in [1.807, 2.05) is 38.9 Å². The number of nitrogens with zero attached hydrogens (tertiary/aromatic N) is 4. The molecule has 2 heterocycles. The minimum atomic E-state index is 0.588. The predicted molar refractivity (Wildman–Crippen MR) is 75.9 cm³/mol. The fourth-order valence-electron chi connectivity index (χ4n) is 1.41. The Hall–Kier alpha value is -1.76. The molecule has 0 radical (unpaired) electrons. The first kappa shape index (κ1) is 13.7. The fraction of sp³-hybridized carbons (Fsp3) is 0.417. The molecule has 1 N–H and O–H groups in total. The molecule has 19 heavy (non-hydrogen) atoms. The topological polar surface area (TPSA) is 67.1 Å². The lowest BCUT2D eigenvalue weighted by molar-refractivity contribution is 0.527. The van der Waals surface area contributed by atoms with Crippen LogP contribution in [0.2, 0.25) is 0 Å². The second-order valence-electron chi connectivity index (χ2n) is 4.11. The Balaban J connectivity index is 2.31. The maximum atomic E-state index is 5.27. The number of hydrogen-bond acceptors (Lipinski definition) is 7. The summed E-state index contributed by atoms with van der Waals surface area (Å²) in [6, 6.07) is 1.91. The van der Waals surface area contributed by atoms with Gasteiger partial charge in [-0.2, -0.15) is 15.0 Å². The number of hydrogen-bond donors (Lipinski definition) is 1. The molecule has 6 nitrogen and oxygen atoms in total. The zero-order valence-electron chi connectivity index (χ0n) is 11.5. The molecule has 0 aliphatic heterocycles. The Bertz CT molecular complexity index is 555. The third-order valence-electron chi connectivity index (χ3n) is 2.35. The van der Waals surface area contributed by atoms with Gasteiger partial charge in [0.2, 0.25) is 11.9 Å². The highest BCUT2D eigenvalue weighted by atomic mass is 32.2. The molecule has 0 aromatic carbocycles. The average molecular weight is 279 g/mol. The zero-order valence-corrected chi connectivity index (χ0v) is 12.3. The van der Waals surface area contributed by atoms with Crippen LogP contribution in [0.5, 0.6) is 0 Å². The lowest BCUT2D eigenvalue weighted by Gasteiger charge is -2.12. The van der Waals surface area contributed by atoms with Crippen molar-refractivity contribution in [1.82, 2.24) is 15.0 Å². The van der Waals surface area contributed by atoms with E-state index in [9.17, 15) is 0 Å². The van der Waals surface area contributed by atoms with Crippen LogP contribution in [0.4, 0.5) is 11.9 Å². The van der Waals surface area contributed by atoms with E-state index in [1.54, 1.807) is 6.26 Å². The van der Waals surface area contributed by atoms with Crippen molar-refractivity contribution < 1.29 is 4.42 Å². The summed E-state index contributed by atoms with van der Waals surface area (Å²) in [4.78, 5) is 16.0. The van der Waals surface area contributed by atoms with E-state index in [1.165, 1.54) is 11.8 Å². The first-order valence-corrected chi connectivity index (χ1v) is 6.81. The van der Waals surface area contributed by atoms with Gasteiger partial charge in [0.05, 0.1) is 11.2 Å². The van der Waals surface area contributed by atoms with Gasteiger partial charge in [-0.05, 0) is 31.7 Å². The summed E-state index contributed by atoms with van der Waals surface area (Å²) in [6.45, 7) is 4.69. The van der Waals surface area contributed by atoms with Crippen molar-refractivity contribution >= 4 is 23.7 Å². The Labute approximate surface area is 116 Å². The standard InChI is InChI=1S/C12H17N5OS/c1-5-13-10-14-11(17(3)4)16-12(15-10)19-9-6-7-18-8(9)2/h6-7H,5H2,1-4H3,(H,13,14,15,16). The van der Waals surface area contributed by atoms with E-state index in [0.717, 1.165) is 17.2 Å². The van der Waals surface area contributed by atoms with Gasteiger partial charge in [0, 0.05) is 20.6 Å². The van der Waals surface area contributed by atoms with Crippen molar-refractivity contribution in [3.63, 3.8) is 0 Å². The summed E-state index contributed by atoms with van der Waals surface area (Å²) in [6.07, 6.45) is 1.66. The molecule has 0 saturated heterocycles. The molecular formula is C12H17N5OS. The van der Waals surface area contributed by atoms with Crippen LogP contribution < -0.4 is 10.2 Å². The second kappa shape index (κ2) is 5.92. The third-order valence-corrected chi connectivity index (χ3v) is 3.36. The molecule has 7 heteroatoms. The van der Waals surface area contributed by atoms with Crippen LogP contribution in [0, 0.1) is 6.92 Å². The Morgan fingerprint density at radius 2 is 2.11 bits per heavy atom. The summed E-state index contributed by atoms with van der Waals surface area (Å²) in [5.74, 6) is 2.08. The number of furan rings is 1. The molecule has 102 valence electrons. The number of aryl methyl sites for hydroxylation is 1. The van der Waals surface area contributed by atoms with E-state index in [0.29, 0.717) is 17.1 Å². The predicted octanol–water partition coefficient (Wildman–Crippen LogP) is 2.42. The maximum Gasteiger partial charge on any atom is 0.230 e. The van der Waals surface area contributed by atoms with Crippen molar-refractivity contribution in [3.8, 4) is 0 Å². The van der Waals surface area contributed by atoms with Crippen LogP contribution in [-0.4, -0.2) is 35.6 Å². The molecule has 0 aliphatic carbocycles. The average Bonchev–Trinajstić information content (AvgIpc) is 2.75. The highest BCUT2D eigenvalue weighted by Crippen LogP contribution is 2.29. The smallest absolute Gasteiger partial charge is 0.230 e. The monoisotopic (exact) mass is 279 g/mol. The number of aromatic nitrogens is 3. The van der Waals surface area contributed by atoms with Gasteiger partial charge < -0.3 is 14.6 Å². The fourth-order valence-corrected chi connectivity index (χ4v) is 2.18. The SMILES string of the molecule is CCNc1nc(Sc2ccoc2C)nc(N(C)C)n1. The molecule has 0 bridgehead atoms. The first-order chi connectivity index (χ1) is 9.10. The van der Waals surface area contributed by atoms with Gasteiger partial charge in [-0.25, -0.2) is 0 Å². The number of nitrogens with one attached hydrogen (secondary N) is 1. The third kappa shape index (κ3) is 3.37. The molecule has 0 saturated carbocycles.